The van der Waals surface area contributed by atoms with Gasteiger partial charge in [0.25, 0.3) is 0 Å². The van der Waals surface area contributed by atoms with Gasteiger partial charge in [0.2, 0.25) is 5.78 Å². The number of carbonyl (C=O) groups is 2. The van der Waals surface area contributed by atoms with Crippen LogP contribution in [0.2, 0.25) is 0 Å². The van der Waals surface area contributed by atoms with Crippen LogP contribution in [0.15, 0.2) is 74.7 Å². The zero-order chi connectivity index (χ0) is 30.5. The molecule has 11 heteroatoms. The van der Waals surface area contributed by atoms with Gasteiger partial charge >= 0.3 is 6.03 Å². The van der Waals surface area contributed by atoms with Crippen molar-refractivity contribution in [3.8, 4) is 0 Å². The maximum Gasteiger partial charge on any atom is 0.324 e. The number of hydrogen-bond acceptors (Lipinski definition) is 9. The van der Waals surface area contributed by atoms with E-state index in [1.807, 2.05) is 39.8 Å². The highest BCUT2D eigenvalue weighted by Crippen LogP contribution is 2.47. The molecule has 0 saturated carbocycles. The Balaban J connectivity index is 1.16. The molecule has 1 aromatic carbocycles. The van der Waals surface area contributed by atoms with Crippen LogP contribution in [0.4, 0.5) is 16.3 Å². The second kappa shape index (κ2) is 10.7. The van der Waals surface area contributed by atoms with E-state index in [0.29, 0.717) is 46.2 Å². The lowest BCUT2D eigenvalue weighted by molar-refractivity contribution is 0.100. The summed E-state index contributed by atoms with van der Waals surface area (Å²) in [5.41, 5.74) is 7.59. The molecule has 2 aliphatic heterocycles. The molecule has 2 atom stereocenters. The van der Waals surface area contributed by atoms with Crippen molar-refractivity contribution in [2.75, 3.05) is 30.3 Å². The number of piperidine rings is 1. The van der Waals surface area contributed by atoms with Gasteiger partial charge in [-0.3, -0.25) is 10.1 Å². The van der Waals surface area contributed by atoms with E-state index in [2.05, 4.69) is 26.0 Å². The Bertz CT molecular complexity index is 1670. The second-order valence-electron chi connectivity index (χ2n) is 12.9. The summed E-state index contributed by atoms with van der Waals surface area (Å²) in [7, 11) is 0. The minimum absolute atomic E-state index is 0.175. The maximum atomic E-state index is 13.6. The van der Waals surface area contributed by atoms with Gasteiger partial charge in [-0.2, -0.15) is 0 Å². The number of fused-ring (bicyclic) bond motifs is 2. The third-order valence-electron chi connectivity index (χ3n) is 8.60. The van der Waals surface area contributed by atoms with Crippen LogP contribution in [0, 0.1) is 11.3 Å². The molecule has 4 heterocycles. The molecular formula is C32H38N6O5. The lowest BCUT2D eigenvalue weighted by Gasteiger charge is -2.40. The number of nitrogens with zero attached hydrogens (tertiary/aromatic N) is 2. The molecule has 6 rings (SSSR count). The highest BCUT2D eigenvalue weighted by Gasteiger charge is 2.46. The number of ketones is 1. The van der Waals surface area contributed by atoms with Crippen molar-refractivity contribution in [1.82, 2.24) is 15.4 Å². The van der Waals surface area contributed by atoms with Gasteiger partial charge in [0.05, 0.1) is 11.5 Å². The predicted molar refractivity (Wildman–Crippen MR) is 164 cm³/mol. The lowest BCUT2D eigenvalue weighted by Crippen LogP contribution is -2.45. The van der Waals surface area contributed by atoms with Crippen molar-refractivity contribution in [3.63, 3.8) is 0 Å². The Labute approximate surface area is 249 Å². The first kappa shape index (κ1) is 28.8. The Kier molecular flexibility index (Phi) is 7.18. The number of aliphatic hydroxyl groups excluding tert-OH is 1. The second-order valence-corrected chi connectivity index (χ2v) is 12.9. The number of carbonyl (C=O) groups excluding carboxylic acids is 2. The summed E-state index contributed by atoms with van der Waals surface area (Å²) in [4.78, 5) is 28.5. The predicted octanol–water partition coefficient (Wildman–Crippen LogP) is 5.42. The van der Waals surface area contributed by atoms with Crippen LogP contribution in [0.3, 0.4) is 0 Å². The largest absolute Gasteiger partial charge is 0.512 e. The van der Waals surface area contributed by atoms with Crippen LogP contribution in [0.25, 0.3) is 11.0 Å². The van der Waals surface area contributed by atoms with E-state index < -0.39 is 11.4 Å². The number of hydrogen-bond donors (Lipinski definition) is 5. The van der Waals surface area contributed by atoms with E-state index >= 15 is 0 Å². The first-order valence-electron chi connectivity index (χ1n) is 14.6. The third kappa shape index (κ3) is 5.70. The molecule has 226 valence electrons. The summed E-state index contributed by atoms with van der Waals surface area (Å²) >= 11 is 0. The van der Waals surface area contributed by atoms with Gasteiger partial charge < -0.3 is 35.3 Å². The topological polar surface area (TPSA) is 159 Å². The SMILES string of the molecule is CC(C)(C)c1cc(NC(=O)Nc2ccc3oc(C(=O)C4=CC5(C)C(=CC=C(O)C5CN5CCC(N)CC5)N4)cc3c2)no1. The van der Waals surface area contributed by atoms with E-state index in [4.69, 9.17) is 14.7 Å². The maximum absolute atomic E-state index is 13.6. The van der Waals surface area contributed by atoms with Crippen molar-refractivity contribution in [2.24, 2.45) is 17.1 Å². The van der Waals surface area contributed by atoms with E-state index in [1.165, 1.54) is 0 Å². The average molecular weight is 587 g/mol. The molecule has 0 bridgehead atoms. The van der Waals surface area contributed by atoms with Crippen molar-refractivity contribution in [3.05, 3.63) is 77.2 Å². The molecule has 6 N–H and O–H groups in total. The zero-order valence-electron chi connectivity index (χ0n) is 24.9. The van der Waals surface area contributed by atoms with Crippen LogP contribution in [-0.2, 0) is 5.41 Å². The van der Waals surface area contributed by atoms with Crippen LogP contribution >= 0.6 is 0 Å². The summed E-state index contributed by atoms with van der Waals surface area (Å²) in [6, 6.07) is 8.25. The van der Waals surface area contributed by atoms with Crippen molar-refractivity contribution in [2.45, 2.75) is 52.0 Å². The molecule has 0 spiro atoms. The molecule has 1 aliphatic carbocycles. The molecule has 1 fully saturated rings. The van der Waals surface area contributed by atoms with E-state index in [1.54, 1.807) is 36.4 Å². The number of furan rings is 1. The minimum Gasteiger partial charge on any atom is -0.512 e. The van der Waals surface area contributed by atoms with Gasteiger partial charge in [-0.1, -0.05) is 25.9 Å². The number of anilines is 2. The van der Waals surface area contributed by atoms with E-state index in [9.17, 15) is 14.7 Å². The number of likely N-dealkylation sites (tertiary alicyclic amines) is 1. The fraction of sp³-hybridized carbons (Fsp3) is 0.406. The third-order valence-corrected chi connectivity index (χ3v) is 8.60. The van der Waals surface area contributed by atoms with Crippen LogP contribution in [0.5, 0.6) is 0 Å². The van der Waals surface area contributed by atoms with Crippen molar-refractivity contribution < 1.29 is 23.6 Å². The quantitative estimate of drug-likeness (QED) is 0.238. The number of aromatic nitrogens is 1. The van der Waals surface area contributed by atoms with Crippen molar-refractivity contribution >= 4 is 34.3 Å². The number of nitrogens with two attached hydrogens (primary N) is 1. The van der Waals surface area contributed by atoms with Gasteiger partial charge in [-0.15, -0.1) is 0 Å². The summed E-state index contributed by atoms with van der Waals surface area (Å²) in [6.07, 6.45) is 7.32. The Hall–Kier alpha value is -4.35. The minimum atomic E-state index is -0.572. The molecule has 2 aromatic heterocycles. The van der Waals surface area contributed by atoms with Gasteiger partial charge in [0.15, 0.2) is 11.6 Å². The van der Waals surface area contributed by atoms with E-state index in [0.717, 1.165) is 31.6 Å². The first-order valence-corrected chi connectivity index (χ1v) is 14.6. The van der Waals surface area contributed by atoms with E-state index in [-0.39, 0.29) is 28.9 Å². The number of rotatable bonds is 6. The summed E-state index contributed by atoms with van der Waals surface area (Å²) in [5, 5.41) is 24.2. The van der Waals surface area contributed by atoms with Crippen LogP contribution in [0.1, 0.15) is 56.9 Å². The number of allylic oxidation sites excluding steroid dienone is 4. The first-order chi connectivity index (χ1) is 20.4. The van der Waals surface area contributed by atoms with Gasteiger partial charge in [0, 0.05) is 52.2 Å². The molecule has 1 saturated heterocycles. The standard InChI is InChI=1S/C32H38N6O5/c1-31(2,3)27-15-28(37-43-27)36-30(41)34-20-5-7-24-18(13-20)14-25(42-24)29(40)22-16-32(4)21(23(39)6-8-26(32)35-22)17-38-11-9-19(33)10-12-38/h5-8,13-16,19,21,35,39H,9-12,17,33H2,1-4H3,(H2,34,36,37,41). The van der Waals surface area contributed by atoms with Gasteiger partial charge in [0.1, 0.15) is 11.3 Å². The number of benzene rings is 1. The smallest absolute Gasteiger partial charge is 0.324 e. The van der Waals surface area contributed by atoms with Crippen LogP contribution in [-0.4, -0.2) is 52.7 Å². The fourth-order valence-corrected chi connectivity index (χ4v) is 5.93. The van der Waals surface area contributed by atoms with Gasteiger partial charge in [-0.25, -0.2) is 4.79 Å². The number of nitrogens with one attached hydrogen (secondary N) is 3. The summed E-state index contributed by atoms with van der Waals surface area (Å²) < 4.78 is 11.2. The zero-order valence-corrected chi connectivity index (χ0v) is 24.9. The molecule has 43 heavy (non-hydrogen) atoms. The highest BCUT2D eigenvalue weighted by molar-refractivity contribution is 6.09. The monoisotopic (exact) mass is 586 g/mol. The Morgan fingerprint density at radius 3 is 2.65 bits per heavy atom. The number of urea groups is 1. The Morgan fingerprint density at radius 1 is 1.16 bits per heavy atom. The highest BCUT2D eigenvalue weighted by atomic mass is 16.5. The molecule has 0 radical (unpaired) electrons. The molecular weight excluding hydrogens is 548 g/mol. The average Bonchev–Trinajstić information content (AvgIpc) is 3.68. The molecule has 2 unspecified atom stereocenters. The molecule has 3 aromatic rings. The molecule has 2 amide bonds. The summed E-state index contributed by atoms with van der Waals surface area (Å²) in [6.45, 7) is 10.5. The Morgan fingerprint density at radius 2 is 1.93 bits per heavy atom. The number of amides is 2. The normalized spacial score (nSPS) is 22.8. The van der Waals surface area contributed by atoms with Crippen molar-refractivity contribution in [1.29, 1.82) is 0 Å². The van der Waals surface area contributed by atoms with Crippen LogP contribution < -0.4 is 21.7 Å². The lowest BCUT2D eigenvalue weighted by atomic mass is 9.71. The fourth-order valence-electron chi connectivity index (χ4n) is 5.93. The number of aliphatic hydroxyl groups is 1. The molecule has 3 aliphatic rings. The summed E-state index contributed by atoms with van der Waals surface area (Å²) in [5.74, 6) is 0.961. The van der Waals surface area contributed by atoms with Gasteiger partial charge in [-0.05, 0) is 75.3 Å². The number of Topliss-reactive ketones (excluding diaryl/α,β-unsaturated/α-hetero) is 1. The molecule has 11 nitrogen and oxygen atoms in total.